The number of nitrogens with zero attached hydrogens (tertiary/aromatic N) is 2. The van der Waals surface area contributed by atoms with Gasteiger partial charge in [0.15, 0.2) is 0 Å². The molecule has 0 atom stereocenters. The molecule has 1 aromatic carbocycles. The lowest BCUT2D eigenvalue weighted by Gasteiger charge is -2.12. The van der Waals surface area contributed by atoms with Gasteiger partial charge in [-0.1, -0.05) is 30.3 Å². The molecule has 2 aromatic rings. The Labute approximate surface area is 115 Å². The van der Waals surface area contributed by atoms with Crippen LogP contribution in [0.15, 0.2) is 30.3 Å². The SMILES string of the molecule is Cc1nc(C)c([N+](=O)[O-])c(-c2ccccc2)c1C(N)=O. The Bertz CT molecular complexity index is 658. The molecule has 0 saturated heterocycles. The maximum Gasteiger partial charge on any atom is 0.299 e. The Kier molecular flexibility index (Phi) is 3.47. The Morgan fingerprint density at radius 2 is 1.80 bits per heavy atom. The van der Waals surface area contributed by atoms with Crippen LogP contribution in [0.1, 0.15) is 21.7 Å². The Balaban J connectivity index is 2.94. The minimum absolute atomic E-state index is 0.0912. The number of hydrogen-bond donors (Lipinski definition) is 1. The summed E-state index contributed by atoms with van der Waals surface area (Å²) in [6, 6.07) is 8.69. The molecule has 6 heteroatoms. The number of carbonyl (C=O) groups excluding carboxylic acids is 1. The van der Waals surface area contributed by atoms with Crippen molar-refractivity contribution in [3.8, 4) is 11.1 Å². The third-order valence-corrected chi connectivity index (χ3v) is 3.02. The molecule has 6 nitrogen and oxygen atoms in total. The van der Waals surface area contributed by atoms with E-state index in [4.69, 9.17) is 5.73 Å². The minimum atomic E-state index is -0.725. The number of nitrogens with two attached hydrogens (primary N) is 1. The molecule has 0 fully saturated rings. The zero-order valence-corrected chi connectivity index (χ0v) is 11.1. The molecule has 1 aromatic heterocycles. The molecule has 20 heavy (non-hydrogen) atoms. The number of rotatable bonds is 3. The van der Waals surface area contributed by atoms with E-state index in [0.29, 0.717) is 11.3 Å². The van der Waals surface area contributed by atoms with Gasteiger partial charge in [-0.15, -0.1) is 0 Å². The smallest absolute Gasteiger partial charge is 0.299 e. The number of hydrogen-bond acceptors (Lipinski definition) is 4. The fourth-order valence-electron chi connectivity index (χ4n) is 2.25. The van der Waals surface area contributed by atoms with E-state index in [2.05, 4.69) is 4.98 Å². The predicted molar refractivity (Wildman–Crippen MR) is 74.3 cm³/mol. The molecule has 0 unspecified atom stereocenters. The molecule has 0 aliphatic carbocycles. The van der Waals surface area contributed by atoms with Crippen LogP contribution in [0, 0.1) is 24.0 Å². The van der Waals surface area contributed by atoms with Crippen LogP contribution >= 0.6 is 0 Å². The van der Waals surface area contributed by atoms with E-state index in [-0.39, 0.29) is 22.5 Å². The first-order valence-electron chi connectivity index (χ1n) is 5.94. The average Bonchev–Trinajstić information content (AvgIpc) is 2.37. The van der Waals surface area contributed by atoms with Crippen molar-refractivity contribution in [1.82, 2.24) is 4.98 Å². The van der Waals surface area contributed by atoms with Crippen LogP contribution in [0.2, 0.25) is 0 Å². The first kappa shape index (κ1) is 13.7. The highest BCUT2D eigenvalue weighted by Crippen LogP contribution is 2.36. The first-order chi connectivity index (χ1) is 9.43. The Hall–Kier alpha value is -2.76. The zero-order valence-electron chi connectivity index (χ0n) is 11.1. The maximum absolute atomic E-state index is 11.7. The third-order valence-electron chi connectivity index (χ3n) is 3.02. The minimum Gasteiger partial charge on any atom is -0.366 e. The molecule has 2 rings (SSSR count). The lowest BCUT2D eigenvalue weighted by Crippen LogP contribution is -2.17. The van der Waals surface area contributed by atoms with Crippen molar-refractivity contribution in [3.63, 3.8) is 0 Å². The molecule has 102 valence electrons. The van der Waals surface area contributed by atoms with Gasteiger partial charge in [0.2, 0.25) is 0 Å². The average molecular weight is 271 g/mol. The molecule has 0 bridgehead atoms. The molecule has 2 N–H and O–H groups in total. The van der Waals surface area contributed by atoms with Gasteiger partial charge in [0.25, 0.3) is 11.6 Å². The van der Waals surface area contributed by atoms with Crippen molar-refractivity contribution in [2.45, 2.75) is 13.8 Å². The second-order valence-electron chi connectivity index (χ2n) is 4.37. The van der Waals surface area contributed by atoms with Crippen LogP contribution in [0.3, 0.4) is 0 Å². The number of benzene rings is 1. The number of nitro groups is 1. The van der Waals surface area contributed by atoms with Gasteiger partial charge in [0.1, 0.15) is 5.69 Å². The molecule has 0 aliphatic heterocycles. The summed E-state index contributed by atoms with van der Waals surface area (Å²) in [6.45, 7) is 3.16. The molecule has 0 aliphatic rings. The predicted octanol–water partition coefficient (Wildman–Crippen LogP) is 2.37. The van der Waals surface area contributed by atoms with Gasteiger partial charge in [-0.25, -0.2) is 0 Å². The largest absolute Gasteiger partial charge is 0.366 e. The van der Waals surface area contributed by atoms with Gasteiger partial charge < -0.3 is 5.73 Å². The van der Waals surface area contributed by atoms with E-state index in [1.165, 1.54) is 0 Å². The van der Waals surface area contributed by atoms with Crippen molar-refractivity contribution in [2.24, 2.45) is 5.73 Å². The van der Waals surface area contributed by atoms with E-state index in [1.54, 1.807) is 44.2 Å². The lowest BCUT2D eigenvalue weighted by atomic mass is 9.95. The highest BCUT2D eigenvalue weighted by molar-refractivity contribution is 6.03. The van der Waals surface area contributed by atoms with E-state index >= 15 is 0 Å². The molecule has 1 amide bonds. The van der Waals surface area contributed by atoms with Gasteiger partial charge in [0.05, 0.1) is 21.7 Å². The summed E-state index contributed by atoms with van der Waals surface area (Å²) in [7, 11) is 0. The van der Waals surface area contributed by atoms with Crippen LogP contribution in [0.25, 0.3) is 11.1 Å². The topological polar surface area (TPSA) is 99.1 Å². The summed E-state index contributed by atoms with van der Waals surface area (Å²) in [6.07, 6.45) is 0. The quantitative estimate of drug-likeness (QED) is 0.684. The van der Waals surface area contributed by atoms with Gasteiger partial charge in [-0.2, -0.15) is 0 Å². The van der Waals surface area contributed by atoms with Crippen molar-refractivity contribution < 1.29 is 9.72 Å². The van der Waals surface area contributed by atoms with Crippen LogP contribution in [0.4, 0.5) is 5.69 Å². The van der Waals surface area contributed by atoms with Crippen molar-refractivity contribution in [1.29, 1.82) is 0 Å². The summed E-state index contributed by atoms with van der Waals surface area (Å²) in [5.74, 6) is -0.725. The van der Waals surface area contributed by atoms with Crippen molar-refractivity contribution >= 4 is 11.6 Å². The summed E-state index contributed by atoms with van der Waals surface area (Å²) in [5, 5.41) is 11.3. The molecule has 0 radical (unpaired) electrons. The van der Waals surface area contributed by atoms with Crippen LogP contribution < -0.4 is 5.73 Å². The third kappa shape index (κ3) is 2.23. The van der Waals surface area contributed by atoms with Crippen LogP contribution in [-0.2, 0) is 0 Å². The van der Waals surface area contributed by atoms with E-state index in [1.807, 2.05) is 0 Å². The zero-order chi connectivity index (χ0) is 14.9. The monoisotopic (exact) mass is 271 g/mol. The summed E-state index contributed by atoms with van der Waals surface area (Å²) >= 11 is 0. The number of pyridine rings is 1. The van der Waals surface area contributed by atoms with Gasteiger partial charge >= 0.3 is 0 Å². The van der Waals surface area contributed by atoms with Crippen LogP contribution in [0.5, 0.6) is 0 Å². The number of aryl methyl sites for hydroxylation is 2. The second kappa shape index (κ2) is 5.08. The standard InChI is InChI=1S/C14H13N3O3/c1-8-11(14(15)18)12(10-6-4-3-5-7-10)13(17(19)20)9(2)16-8/h3-7H,1-2H3,(H2,15,18). The van der Waals surface area contributed by atoms with Gasteiger partial charge in [-0.05, 0) is 19.4 Å². The Morgan fingerprint density at radius 3 is 2.30 bits per heavy atom. The van der Waals surface area contributed by atoms with E-state index < -0.39 is 10.8 Å². The molecule has 0 spiro atoms. The Morgan fingerprint density at radius 1 is 1.20 bits per heavy atom. The first-order valence-corrected chi connectivity index (χ1v) is 5.94. The van der Waals surface area contributed by atoms with Crippen molar-refractivity contribution in [3.05, 3.63) is 57.4 Å². The second-order valence-corrected chi connectivity index (χ2v) is 4.37. The molecular formula is C14H13N3O3. The van der Waals surface area contributed by atoms with Gasteiger partial charge in [-0.3, -0.25) is 19.9 Å². The highest BCUT2D eigenvalue weighted by Gasteiger charge is 2.27. The number of aromatic nitrogens is 1. The summed E-state index contributed by atoms with van der Waals surface area (Å²) in [5.41, 5.74) is 6.73. The number of primary amides is 1. The van der Waals surface area contributed by atoms with Gasteiger partial charge in [0, 0.05) is 0 Å². The van der Waals surface area contributed by atoms with E-state index in [9.17, 15) is 14.9 Å². The fourth-order valence-corrected chi connectivity index (χ4v) is 2.25. The normalized spacial score (nSPS) is 10.3. The van der Waals surface area contributed by atoms with E-state index in [0.717, 1.165) is 0 Å². The van der Waals surface area contributed by atoms with Crippen LogP contribution in [-0.4, -0.2) is 15.8 Å². The number of amides is 1. The number of carbonyl (C=O) groups is 1. The summed E-state index contributed by atoms with van der Waals surface area (Å²) < 4.78 is 0. The molecular weight excluding hydrogens is 258 g/mol. The highest BCUT2D eigenvalue weighted by atomic mass is 16.6. The fraction of sp³-hybridized carbons (Fsp3) is 0.143. The summed E-state index contributed by atoms with van der Waals surface area (Å²) in [4.78, 5) is 26.5. The lowest BCUT2D eigenvalue weighted by molar-refractivity contribution is -0.385. The maximum atomic E-state index is 11.7. The molecule has 1 heterocycles. The molecule has 0 saturated carbocycles. The van der Waals surface area contributed by atoms with Crippen molar-refractivity contribution in [2.75, 3.05) is 0 Å².